The maximum Gasteiger partial charge on any atom is 0.161 e. The quantitative estimate of drug-likeness (QED) is 0.831. The largest absolute Gasteiger partial charge is 0.493 e. The number of hydrogen-bond donors (Lipinski definition) is 1. The summed E-state index contributed by atoms with van der Waals surface area (Å²) in [4.78, 5) is 0. The predicted molar refractivity (Wildman–Crippen MR) is 100 cm³/mol. The Morgan fingerprint density at radius 3 is 2.43 bits per heavy atom. The van der Waals surface area contributed by atoms with Gasteiger partial charge in [-0.2, -0.15) is 0 Å². The van der Waals surface area contributed by atoms with E-state index in [-0.39, 0.29) is 5.25 Å². The summed E-state index contributed by atoms with van der Waals surface area (Å²) in [5.74, 6) is 1.45. The first kappa shape index (κ1) is 15.9. The molecule has 118 valence electrons. The normalized spacial score (nSPS) is 17.2. The molecular formula is C18H17NO2S2. The lowest BCUT2D eigenvalue weighted by atomic mass is 10.1. The van der Waals surface area contributed by atoms with Gasteiger partial charge in [0.05, 0.1) is 19.5 Å². The van der Waals surface area contributed by atoms with E-state index in [4.69, 9.17) is 21.7 Å². The van der Waals surface area contributed by atoms with E-state index < -0.39 is 0 Å². The van der Waals surface area contributed by atoms with E-state index in [1.165, 1.54) is 0 Å². The smallest absolute Gasteiger partial charge is 0.161 e. The molecule has 0 unspecified atom stereocenters. The Labute approximate surface area is 145 Å². The second kappa shape index (κ2) is 7.06. The summed E-state index contributed by atoms with van der Waals surface area (Å²) in [5.41, 5.74) is 3.29. The van der Waals surface area contributed by atoms with Gasteiger partial charge in [0.2, 0.25) is 0 Å². The number of ether oxygens (including phenoxy) is 2. The van der Waals surface area contributed by atoms with Crippen LogP contribution >= 0.6 is 24.0 Å². The molecule has 2 aromatic rings. The van der Waals surface area contributed by atoms with Crippen LogP contribution in [0.15, 0.2) is 54.6 Å². The van der Waals surface area contributed by atoms with E-state index in [9.17, 15) is 0 Å². The third kappa shape index (κ3) is 3.51. The van der Waals surface area contributed by atoms with Gasteiger partial charge in [-0.3, -0.25) is 0 Å². The second-order valence-electron chi connectivity index (χ2n) is 5.01. The molecule has 0 fully saturated rings. The number of thiocarbonyl (C=S) groups is 1. The first-order chi connectivity index (χ1) is 11.2. The van der Waals surface area contributed by atoms with Gasteiger partial charge in [-0.05, 0) is 29.3 Å². The molecule has 0 spiro atoms. The monoisotopic (exact) mass is 343 g/mol. The van der Waals surface area contributed by atoms with E-state index in [0.29, 0.717) is 0 Å². The maximum absolute atomic E-state index is 5.42. The van der Waals surface area contributed by atoms with Gasteiger partial charge in [-0.15, -0.1) is 0 Å². The van der Waals surface area contributed by atoms with Gasteiger partial charge >= 0.3 is 0 Å². The van der Waals surface area contributed by atoms with Crippen molar-refractivity contribution in [2.75, 3.05) is 14.2 Å². The molecule has 5 heteroatoms. The van der Waals surface area contributed by atoms with Gasteiger partial charge in [0.15, 0.2) is 11.5 Å². The van der Waals surface area contributed by atoms with Crippen LogP contribution in [0.25, 0.3) is 5.70 Å². The van der Waals surface area contributed by atoms with E-state index in [1.54, 1.807) is 26.0 Å². The second-order valence-corrected chi connectivity index (χ2v) is 6.83. The first-order valence-corrected chi connectivity index (χ1v) is 8.47. The number of benzene rings is 2. The minimum Gasteiger partial charge on any atom is -0.493 e. The van der Waals surface area contributed by atoms with Crippen molar-refractivity contribution in [2.45, 2.75) is 5.25 Å². The minimum absolute atomic E-state index is 0.138. The molecule has 1 N–H and O–H groups in total. The number of thioether (sulfide) groups is 1. The number of nitrogens with one attached hydrogen (secondary N) is 1. The van der Waals surface area contributed by atoms with Crippen molar-refractivity contribution in [1.29, 1.82) is 0 Å². The van der Waals surface area contributed by atoms with Crippen molar-refractivity contribution in [1.82, 2.24) is 5.32 Å². The van der Waals surface area contributed by atoms with Crippen LogP contribution in [-0.2, 0) is 0 Å². The molecule has 1 aliphatic rings. The SMILES string of the molecule is COc1ccc([C@@H]2C=C(c3ccccc3)NC(=S)S2)cc1OC. The van der Waals surface area contributed by atoms with E-state index in [1.807, 2.05) is 36.4 Å². The molecule has 1 atom stereocenters. The van der Waals surface area contributed by atoms with Crippen LogP contribution in [0.2, 0.25) is 0 Å². The summed E-state index contributed by atoms with van der Waals surface area (Å²) in [5, 5.41) is 3.42. The zero-order valence-corrected chi connectivity index (χ0v) is 14.5. The van der Waals surface area contributed by atoms with Crippen molar-refractivity contribution in [3.8, 4) is 11.5 Å². The fourth-order valence-corrected chi connectivity index (χ4v) is 3.77. The van der Waals surface area contributed by atoms with Crippen molar-refractivity contribution < 1.29 is 9.47 Å². The third-order valence-corrected chi connectivity index (χ3v) is 4.98. The fourth-order valence-electron chi connectivity index (χ4n) is 2.46. The summed E-state index contributed by atoms with van der Waals surface area (Å²) >= 11 is 7.04. The lowest BCUT2D eigenvalue weighted by Gasteiger charge is -2.24. The molecule has 0 radical (unpaired) electrons. The number of hydrogen-bond acceptors (Lipinski definition) is 4. The molecule has 0 amide bonds. The highest BCUT2D eigenvalue weighted by Gasteiger charge is 2.21. The molecule has 0 bridgehead atoms. The summed E-state index contributed by atoms with van der Waals surface area (Å²) < 4.78 is 11.5. The topological polar surface area (TPSA) is 30.5 Å². The van der Waals surface area contributed by atoms with Crippen molar-refractivity contribution >= 4 is 34.0 Å². The molecule has 1 aliphatic heterocycles. The van der Waals surface area contributed by atoms with E-state index >= 15 is 0 Å². The molecule has 23 heavy (non-hydrogen) atoms. The molecule has 0 aromatic heterocycles. The van der Waals surface area contributed by atoms with Gasteiger partial charge < -0.3 is 14.8 Å². The van der Waals surface area contributed by atoms with Gasteiger partial charge in [-0.1, -0.05) is 60.4 Å². The summed E-state index contributed by atoms with van der Waals surface area (Å²) in [6, 6.07) is 16.2. The molecular weight excluding hydrogens is 326 g/mol. The minimum atomic E-state index is 0.138. The van der Waals surface area contributed by atoms with Gasteiger partial charge in [0, 0.05) is 5.70 Å². The lowest BCUT2D eigenvalue weighted by molar-refractivity contribution is 0.354. The molecule has 3 rings (SSSR count). The third-order valence-electron chi connectivity index (χ3n) is 3.61. The Morgan fingerprint density at radius 2 is 1.74 bits per heavy atom. The Balaban J connectivity index is 1.97. The zero-order valence-electron chi connectivity index (χ0n) is 12.9. The van der Waals surface area contributed by atoms with Crippen LogP contribution in [0.4, 0.5) is 0 Å². The Bertz CT molecular complexity index is 744. The zero-order chi connectivity index (χ0) is 16.2. The van der Waals surface area contributed by atoms with E-state index in [2.05, 4.69) is 23.5 Å². The highest BCUT2D eigenvalue weighted by molar-refractivity contribution is 8.23. The van der Waals surface area contributed by atoms with Crippen LogP contribution in [0.1, 0.15) is 16.4 Å². The Hall–Kier alpha value is -1.98. The van der Waals surface area contributed by atoms with Gasteiger partial charge in [0.25, 0.3) is 0 Å². The summed E-state index contributed by atoms with van der Waals surface area (Å²) in [6.07, 6.45) is 2.19. The number of rotatable bonds is 4. The first-order valence-electron chi connectivity index (χ1n) is 7.18. The average molecular weight is 343 g/mol. The molecule has 2 aromatic carbocycles. The Morgan fingerprint density at radius 1 is 1.00 bits per heavy atom. The van der Waals surface area contributed by atoms with Crippen molar-refractivity contribution in [2.24, 2.45) is 0 Å². The van der Waals surface area contributed by atoms with Crippen LogP contribution in [0, 0.1) is 0 Å². The summed E-state index contributed by atoms with van der Waals surface area (Å²) in [7, 11) is 3.28. The van der Waals surface area contributed by atoms with Crippen molar-refractivity contribution in [3.05, 3.63) is 65.7 Å². The van der Waals surface area contributed by atoms with Crippen LogP contribution in [-0.4, -0.2) is 18.5 Å². The Kier molecular flexibility index (Phi) is 4.88. The van der Waals surface area contributed by atoms with Gasteiger partial charge in [-0.25, -0.2) is 0 Å². The van der Waals surface area contributed by atoms with E-state index in [0.717, 1.165) is 32.6 Å². The van der Waals surface area contributed by atoms with Crippen LogP contribution in [0.3, 0.4) is 0 Å². The highest BCUT2D eigenvalue weighted by atomic mass is 32.2. The lowest BCUT2D eigenvalue weighted by Crippen LogP contribution is -2.22. The molecule has 0 aliphatic carbocycles. The standard InChI is InChI=1S/C18H17NO2S2/c1-20-15-9-8-13(10-16(15)21-2)17-11-14(19-18(22)23-17)12-6-4-3-5-7-12/h3-11,17H,1-2H3,(H,19,22)/t17-/m0/s1. The average Bonchev–Trinajstić information content (AvgIpc) is 2.61. The summed E-state index contributed by atoms with van der Waals surface area (Å²) in [6.45, 7) is 0. The van der Waals surface area contributed by atoms with Crippen LogP contribution < -0.4 is 14.8 Å². The molecule has 0 saturated heterocycles. The molecule has 3 nitrogen and oxygen atoms in total. The highest BCUT2D eigenvalue weighted by Crippen LogP contribution is 2.40. The number of methoxy groups -OCH3 is 2. The van der Waals surface area contributed by atoms with Gasteiger partial charge in [0.1, 0.15) is 4.32 Å². The maximum atomic E-state index is 5.42. The molecule has 0 saturated carbocycles. The van der Waals surface area contributed by atoms with Crippen molar-refractivity contribution in [3.63, 3.8) is 0 Å². The molecule has 1 heterocycles. The predicted octanol–water partition coefficient (Wildman–Crippen LogP) is 4.41. The van der Waals surface area contributed by atoms with Crippen LogP contribution in [0.5, 0.6) is 11.5 Å². The fraction of sp³-hybridized carbons (Fsp3) is 0.167.